The van der Waals surface area contributed by atoms with Gasteiger partial charge in [0.15, 0.2) is 11.5 Å². The molecule has 25 heavy (non-hydrogen) atoms. The van der Waals surface area contributed by atoms with Crippen molar-refractivity contribution in [2.75, 3.05) is 21.3 Å². The van der Waals surface area contributed by atoms with Crippen LogP contribution in [0.15, 0.2) is 47.8 Å². The first kappa shape index (κ1) is 17.0. The maximum absolute atomic E-state index is 12.9. The number of ether oxygens (including phenoxy) is 3. The summed E-state index contributed by atoms with van der Waals surface area (Å²) in [7, 11) is 4.53. The summed E-state index contributed by atoms with van der Waals surface area (Å²) >= 11 is 1.43. The van der Waals surface area contributed by atoms with E-state index in [-0.39, 0.29) is 5.78 Å². The Morgan fingerprint density at radius 1 is 0.920 bits per heavy atom. The fourth-order valence-corrected chi connectivity index (χ4v) is 3.32. The highest BCUT2D eigenvalue weighted by Gasteiger charge is 2.23. The van der Waals surface area contributed by atoms with Gasteiger partial charge in [-0.15, -0.1) is 11.3 Å². The number of aromatic nitrogens is 1. The molecule has 128 valence electrons. The molecule has 0 unspecified atom stereocenters. The molecule has 0 aliphatic heterocycles. The van der Waals surface area contributed by atoms with E-state index in [4.69, 9.17) is 14.2 Å². The van der Waals surface area contributed by atoms with Gasteiger partial charge in [-0.3, -0.25) is 4.79 Å². The highest BCUT2D eigenvalue weighted by atomic mass is 32.1. The van der Waals surface area contributed by atoms with Crippen molar-refractivity contribution in [1.82, 2.24) is 4.98 Å². The van der Waals surface area contributed by atoms with Crippen LogP contribution < -0.4 is 14.2 Å². The van der Waals surface area contributed by atoms with Gasteiger partial charge in [-0.05, 0) is 12.1 Å². The van der Waals surface area contributed by atoms with Crippen LogP contribution in [0, 0.1) is 0 Å². The maximum Gasteiger partial charge on any atom is 0.216 e. The molecule has 0 fully saturated rings. The molecule has 0 radical (unpaired) electrons. The van der Waals surface area contributed by atoms with E-state index in [9.17, 15) is 4.79 Å². The van der Waals surface area contributed by atoms with E-state index < -0.39 is 0 Å². The molecular formula is C19H17NO4S. The Hall–Kier alpha value is -2.86. The van der Waals surface area contributed by atoms with Gasteiger partial charge in [-0.25, -0.2) is 4.98 Å². The molecule has 2 aromatic carbocycles. The van der Waals surface area contributed by atoms with E-state index in [2.05, 4.69) is 4.98 Å². The van der Waals surface area contributed by atoms with Gasteiger partial charge in [0.05, 0.1) is 26.9 Å². The second kappa shape index (κ2) is 7.36. The Morgan fingerprint density at radius 3 is 2.28 bits per heavy atom. The molecule has 0 saturated carbocycles. The van der Waals surface area contributed by atoms with Crippen molar-refractivity contribution in [2.24, 2.45) is 0 Å². The van der Waals surface area contributed by atoms with Gasteiger partial charge in [0.1, 0.15) is 10.7 Å². The van der Waals surface area contributed by atoms with Crippen LogP contribution in [0.25, 0.3) is 10.6 Å². The van der Waals surface area contributed by atoms with Crippen LogP contribution in [0.2, 0.25) is 0 Å². The van der Waals surface area contributed by atoms with Gasteiger partial charge >= 0.3 is 0 Å². The number of rotatable bonds is 6. The molecule has 0 bridgehead atoms. The summed E-state index contributed by atoms with van der Waals surface area (Å²) in [6.07, 6.45) is 0. The van der Waals surface area contributed by atoms with Crippen LogP contribution in [0.3, 0.4) is 0 Å². The minimum atomic E-state index is -0.226. The van der Waals surface area contributed by atoms with Gasteiger partial charge in [-0.2, -0.15) is 0 Å². The second-order valence-corrected chi connectivity index (χ2v) is 5.97. The number of carbonyl (C=O) groups is 1. The van der Waals surface area contributed by atoms with Crippen LogP contribution in [-0.4, -0.2) is 32.1 Å². The molecule has 0 N–H and O–H groups in total. The predicted octanol–water partition coefficient (Wildman–Crippen LogP) is 4.07. The first-order valence-corrected chi connectivity index (χ1v) is 8.42. The van der Waals surface area contributed by atoms with E-state index in [0.717, 1.165) is 10.6 Å². The zero-order chi connectivity index (χ0) is 17.8. The molecule has 0 aliphatic carbocycles. The monoisotopic (exact) mass is 355 g/mol. The number of nitrogens with zero attached hydrogens (tertiary/aromatic N) is 1. The number of benzene rings is 2. The Morgan fingerprint density at radius 2 is 1.64 bits per heavy atom. The fourth-order valence-electron chi connectivity index (χ4n) is 2.51. The molecule has 0 spiro atoms. The lowest BCUT2D eigenvalue weighted by atomic mass is 10.1. The second-order valence-electron chi connectivity index (χ2n) is 5.11. The first-order valence-electron chi connectivity index (χ1n) is 7.54. The molecule has 1 aromatic heterocycles. The largest absolute Gasteiger partial charge is 0.493 e. The summed E-state index contributed by atoms with van der Waals surface area (Å²) in [5.74, 6) is 0.992. The first-order chi connectivity index (χ1) is 12.2. The average Bonchev–Trinajstić information content (AvgIpc) is 3.17. The lowest BCUT2D eigenvalue weighted by molar-refractivity contribution is 0.103. The Kier molecular flexibility index (Phi) is 5.00. The summed E-state index contributed by atoms with van der Waals surface area (Å²) in [5.41, 5.74) is 1.73. The van der Waals surface area contributed by atoms with E-state index >= 15 is 0 Å². The minimum Gasteiger partial charge on any atom is -0.493 e. The Balaban J connectivity index is 2.00. The third-order valence-electron chi connectivity index (χ3n) is 3.71. The normalized spacial score (nSPS) is 10.4. The van der Waals surface area contributed by atoms with Crippen molar-refractivity contribution in [1.29, 1.82) is 0 Å². The van der Waals surface area contributed by atoms with E-state index in [1.54, 1.807) is 17.5 Å². The van der Waals surface area contributed by atoms with Crippen molar-refractivity contribution >= 4 is 17.1 Å². The minimum absolute atomic E-state index is 0.226. The van der Waals surface area contributed by atoms with Gasteiger partial charge < -0.3 is 14.2 Å². The molecule has 3 rings (SSSR count). The number of thiazole rings is 1. The van der Waals surface area contributed by atoms with Crippen LogP contribution in [0.4, 0.5) is 0 Å². The quantitative estimate of drug-likeness (QED) is 0.624. The molecule has 0 aliphatic rings. The molecule has 0 atom stereocenters. The van der Waals surface area contributed by atoms with Gasteiger partial charge in [0.2, 0.25) is 11.5 Å². The lowest BCUT2D eigenvalue weighted by Gasteiger charge is -2.14. The molecule has 1 heterocycles. The summed E-state index contributed by atoms with van der Waals surface area (Å²) in [6, 6.07) is 13.1. The van der Waals surface area contributed by atoms with Gasteiger partial charge in [0.25, 0.3) is 0 Å². The average molecular weight is 355 g/mol. The standard InChI is InChI=1S/C19H17NO4S/c1-22-15-10-9-13(17(23-2)18(15)24-3)16(21)14-11-25-19(20-14)12-7-5-4-6-8-12/h4-11H,1-3H3. The molecule has 0 amide bonds. The number of hydrogen-bond donors (Lipinski definition) is 0. The number of hydrogen-bond acceptors (Lipinski definition) is 6. The lowest BCUT2D eigenvalue weighted by Crippen LogP contribution is -2.06. The molecule has 3 aromatic rings. The smallest absolute Gasteiger partial charge is 0.216 e. The maximum atomic E-state index is 12.9. The van der Waals surface area contributed by atoms with Crippen LogP contribution in [0.1, 0.15) is 16.1 Å². The van der Waals surface area contributed by atoms with Crippen LogP contribution >= 0.6 is 11.3 Å². The fraction of sp³-hybridized carbons (Fsp3) is 0.158. The molecular weight excluding hydrogens is 338 g/mol. The van der Waals surface area contributed by atoms with E-state index in [1.807, 2.05) is 30.3 Å². The SMILES string of the molecule is COc1ccc(C(=O)c2csc(-c3ccccc3)n2)c(OC)c1OC. The number of ketones is 1. The van der Waals surface area contributed by atoms with Crippen LogP contribution in [0.5, 0.6) is 17.2 Å². The van der Waals surface area contributed by atoms with Gasteiger partial charge in [0, 0.05) is 10.9 Å². The highest BCUT2D eigenvalue weighted by Crippen LogP contribution is 2.40. The Bertz CT molecular complexity index is 890. The summed E-state index contributed by atoms with van der Waals surface area (Å²) < 4.78 is 16.0. The zero-order valence-electron chi connectivity index (χ0n) is 14.1. The summed E-state index contributed by atoms with van der Waals surface area (Å²) in [4.78, 5) is 17.4. The third-order valence-corrected chi connectivity index (χ3v) is 4.60. The topological polar surface area (TPSA) is 57.7 Å². The van der Waals surface area contributed by atoms with Gasteiger partial charge in [-0.1, -0.05) is 30.3 Å². The third kappa shape index (κ3) is 3.21. The van der Waals surface area contributed by atoms with Crippen molar-refractivity contribution in [2.45, 2.75) is 0 Å². The molecule has 5 nitrogen and oxygen atoms in total. The van der Waals surface area contributed by atoms with Crippen molar-refractivity contribution in [3.63, 3.8) is 0 Å². The zero-order valence-corrected chi connectivity index (χ0v) is 14.9. The Labute approximate surface area is 149 Å². The van der Waals surface area contributed by atoms with Crippen molar-refractivity contribution in [3.8, 4) is 27.8 Å². The van der Waals surface area contributed by atoms with E-state index in [1.165, 1.54) is 32.7 Å². The van der Waals surface area contributed by atoms with Crippen molar-refractivity contribution in [3.05, 3.63) is 59.1 Å². The predicted molar refractivity (Wildman–Crippen MR) is 97.1 cm³/mol. The van der Waals surface area contributed by atoms with Crippen LogP contribution in [-0.2, 0) is 0 Å². The summed E-state index contributed by atoms with van der Waals surface area (Å²) in [6.45, 7) is 0. The summed E-state index contributed by atoms with van der Waals surface area (Å²) in [5, 5.41) is 2.55. The highest BCUT2D eigenvalue weighted by molar-refractivity contribution is 7.13. The van der Waals surface area contributed by atoms with Crippen molar-refractivity contribution < 1.29 is 19.0 Å². The molecule has 0 saturated heterocycles. The van der Waals surface area contributed by atoms with E-state index in [0.29, 0.717) is 28.5 Å². The molecule has 6 heteroatoms. The number of methoxy groups -OCH3 is 3. The number of carbonyl (C=O) groups excluding carboxylic acids is 1.